The van der Waals surface area contributed by atoms with E-state index in [-0.39, 0.29) is 10.7 Å². The van der Waals surface area contributed by atoms with Crippen molar-refractivity contribution in [1.82, 2.24) is 9.97 Å². The highest BCUT2D eigenvalue weighted by Gasteiger charge is 2.13. The molecule has 2 heterocycles. The maximum atomic E-state index is 11.2. The molecule has 0 amide bonds. The van der Waals surface area contributed by atoms with Crippen LogP contribution in [0.25, 0.3) is 0 Å². The Balaban J connectivity index is 2.06. The molecule has 0 aliphatic carbocycles. The van der Waals surface area contributed by atoms with Gasteiger partial charge in [0.05, 0.1) is 21.1 Å². The summed E-state index contributed by atoms with van der Waals surface area (Å²) in [5, 5.41) is 11.5. The first-order valence-corrected chi connectivity index (χ1v) is 7.85. The first-order chi connectivity index (χ1) is 12.6. The average molecular weight is 362 g/mol. The van der Waals surface area contributed by atoms with Crippen LogP contribution in [-0.4, -0.2) is 14.9 Å². The van der Waals surface area contributed by atoms with Gasteiger partial charge in [-0.2, -0.15) is 0 Å². The molecule has 3 aromatic rings. The van der Waals surface area contributed by atoms with E-state index in [2.05, 4.69) is 33.6 Å². The van der Waals surface area contributed by atoms with E-state index in [4.69, 9.17) is 11.6 Å². The molecule has 5 nitrogen and oxygen atoms in total. The Hall–Kier alpha value is -3.67. The lowest BCUT2D eigenvalue weighted by Gasteiger charge is -2.01. The zero-order valence-corrected chi connectivity index (χ0v) is 14.1. The van der Waals surface area contributed by atoms with Crippen molar-refractivity contribution in [2.75, 3.05) is 0 Å². The van der Waals surface area contributed by atoms with E-state index in [1.54, 1.807) is 48.8 Å². The largest absolute Gasteiger partial charge is 0.272 e. The van der Waals surface area contributed by atoms with Crippen molar-refractivity contribution in [3.8, 4) is 23.7 Å². The Kier molecular flexibility index (Phi) is 5.24. The summed E-state index contributed by atoms with van der Waals surface area (Å²) in [6.45, 7) is 0. The number of halogens is 1. The number of nitrogens with zero attached hydrogens (tertiary/aromatic N) is 3. The second kappa shape index (κ2) is 7.94. The quantitative estimate of drug-likeness (QED) is 0.375. The molecule has 124 valence electrons. The van der Waals surface area contributed by atoms with Gasteiger partial charge in [-0.05, 0) is 36.1 Å². The van der Waals surface area contributed by atoms with Gasteiger partial charge >= 0.3 is 0 Å². The Morgan fingerprint density at radius 2 is 1.35 bits per heavy atom. The molecule has 0 aliphatic heterocycles. The number of hydrogen-bond donors (Lipinski definition) is 0. The van der Waals surface area contributed by atoms with Crippen molar-refractivity contribution in [2.24, 2.45) is 0 Å². The first kappa shape index (κ1) is 17.2. The Labute approximate surface area is 154 Å². The molecule has 0 saturated heterocycles. The number of rotatable bonds is 1. The molecular weight excluding hydrogens is 352 g/mol. The van der Waals surface area contributed by atoms with E-state index in [1.165, 1.54) is 12.1 Å². The highest BCUT2D eigenvalue weighted by atomic mass is 35.5. The van der Waals surface area contributed by atoms with E-state index in [9.17, 15) is 10.1 Å². The summed E-state index contributed by atoms with van der Waals surface area (Å²) in [4.78, 5) is 18.9. The molecule has 26 heavy (non-hydrogen) atoms. The van der Waals surface area contributed by atoms with Gasteiger partial charge in [-0.1, -0.05) is 35.6 Å². The van der Waals surface area contributed by atoms with Crippen molar-refractivity contribution in [1.29, 1.82) is 0 Å². The number of non-ortho nitro benzene ring substituents is 1. The normalized spacial score (nSPS) is 9.42. The maximum Gasteiger partial charge on any atom is 0.272 e. The van der Waals surface area contributed by atoms with Gasteiger partial charge in [0.25, 0.3) is 5.69 Å². The van der Waals surface area contributed by atoms with Gasteiger partial charge in [0.1, 0.15) is 11.4 Å². The Morgan fingerprint density at radius 1 is 0.846 bits per heavy atom. The van der Waals surface area contributed by atoms with Crippen molar-refractivity contribution >= 4 is 17.3 Å². The molecule has 0 radical (unpaired) electrons. The maximum absolute atomic E-state index is 11.2. The Bertz CT molecular complexity index is 998. The lowest BCUT2D eigenvalue weighted by atomic mass is 10.1. The Morgan fingerprint density at radius 3 is 1.73 bits per heavy atom. The van der Waals surface area contributed by atoms with E-state index >= 15 is 0 Å². The summed E-state index contributed by atoms with van der Waals surface area (Å²) >= 11 is 6.35. The van der Waals surface area contributed by atoms with Crippen LogP contribution in [0.2, 0.25) is 5.02 Å². The summed E-state index contributed by atoms with van der Waals surface area (Å²) in [5.74, 6) is 11.3. The van der Waals surface area contributed by atoms with Gasteiger partial charge < -0.3 is 0 Å². The van der Waals surface area contributed by atoms with Crippen LogP contribution in [0.5, 0.6) is 0 Å². The summed E-state index contributed by atoms with van der Waals surface area (Å²) in [6, 6.07) is 13.3. The second-order valence-corrected chi connectivity index (χ2v) is 5.42. The fourth-order valence-electron chi connectivity index (χ4n) is 2.03. The third-order valence-electron chi connectivity index (χ3n) is 3.25. The average Bonchev–Trinajstić information content (AvgIpc) is 2.67. The smallest absolute Gasteiger partial charge is 0.258 e. The molecule has 3 rings (SSSR count). The van der Waals surface area contributed by atoms with Crippen molar-refractivity contribution in [2.45, 2.75) is 0 Å². The minimum Gasteiger partial charge on any atom is -0.258 e. The zero-order chi connectivity index (χ0) is 18.4. The van der Waals surface area contributed by atoms with Crippen LogP contribution in [0, 0.1) is 33.8 Å². The molecule has 0 unspecified atom stereocenters. The summed E-state index contributed by atoms with van der Waals surface area (Å²) in [7, 11) is 0. The van der Waals surface area contributed by atoms with Crippen LogP contribution in [0.4, 0.5) is 5.69 Å². The molecule has 2 aromatic heterocycles. The fourth-order valence-corrected chi connectivity index (χ4v) is 2.24. The van der Waals surface area contributed by atoms with Gasteiger partial charge in [-0.3, -0.25) is 10.1 Å². The SMILES string of the molecule is O=[N+]([O-])c1cc(C#Cc2cccc[15n]2)c(Cl)c(C#Cc2cccc[15n]2)c1. The zero-order valence-electron chi connectivity index (χ0n) is 13.3. The van der Waals surface area contributed by atoms with Crippen molar-refractivity contribution in [3.63, 3.8) is 0 Å². The summed E-state index contributed by atoms with van der Waals surface area (Å²) < 4.78 is 0. The van der Waals surface area contributed by atoms with Gasteiger partial charge in [0, 0.05) is 24.5 Å². The van der Waals surface area contributed by atoms with Crippen molar-refractivity contribution in [3.05, 3.63) is 98.6 Å². The van der Waals surface area contributed by atoms with Crippen LogP contribution in [0.1, 0.15) is 22.5 Å². The molecule has 0 fully saturated rings. The predicted molar refractivity (Wildman–Crippen MR) is 98.5 cm³/mol. The molecule has 1 aromatic carbocycles. The molecular formula is C20H10ClN3O2. The van der Waals surface area contributed by atoms with E-state index < -0.39 is 4.92 Å². The third kappa shape index (κ3) is 4.24. The number of nitro groups is 1. The number of pyridine rings is 2. The minimum atomic E-state index is -0.506. The topological polar surface area (TPSA) is 68.9 Å². The molecule has 0 bridgehead atoms. The summed E-state index contributed by atoms with van der Waals surface area (Å²) in [5.41, 5.74) is 1.58. The second-order valence-electron chi connectivity index (χ2n) is 5.04. The minimum absolute atomic E-state index is 0.134. The molecule has 0 aliphatic rings. The number of nitro benzene ring substituents is 1. The van der Waals surface area contributed by atoms with E-state index in [0.29, 0.717) is 22.5 Å². The standard InChI is InChI=1S/C20H10ClN3O2/c21-20-15(7-9-17-5-1-3-11-22-17)13-19(24(25)26)14-16(20)8-10-18-6-2-4-12-23-18/h1-6,11-14H/i22+1,23+1. The molecule has 0 saturated carbocycles. The van der Waals surface area contributed by atoms with E-state index in [0.717, 1.165) is 0 Å². The van der Waals surface area contributed by atoms with Crippen LogP contribution >= 0.6 is 11.6 Å². The van der Waals surface area contributed by atoms with Gasteiger partial charge in [-0.15, -0.1) is 0 Å². The number of benzene rings is 1. The van der Waals surface area contributed by atoms with Crippen LogP contribution < -0.4 is 0 Å². The van der Waals surface area contributed by atoms with Crippen LogP contribution in [0.3, 0.4) is 0 Å². The van der Waals surface area contributed by atoms with Crippen molar-refractivity contribution < 1.29 is 4.92 Å². The molecule has 0 N–H and O–H groups in total. The lowest BCUT2D eigenvalue weighted by Crippen LogP contribution is -1.93. The highest BCUT2D eigenvalue weighted by molar-refractivity contribution is 6.33. The van der Waals surface area contributed by atoms with Gasteiger partial charge in [-0.25, -0.2) is 9.97 Å². The predicted octanol–water partition coefficient (Wildman–Crippen LogP) is 3.84. The monoisotopic (exact) mass is 361 g/mol. The fraction of sp³-hybridized carbons (Fsp3) is 0. The van der Waals surface area contributed by atoms with Gasteiger partial charge in [0.15, 0.2) is 0 Å². The highest BCUT2D eigenvalue weighted by Crippen LogP contribution is 2.26. The van der Waals surface area contributed by atoms with Crippen LogP contribution in [0.15, 0.2) is 60.9 Å². The van der Waals surface area contributed by atoms with Gasteiger partial charge in [0.2, 0.25) is 0 Å². The summed E-state index contributed by atoms with van der Waals surface area (Å²) in [6.07, 6.45) is 3.23. The molecule has 0 spiro atoms. The third-order valence-corrected chi connectivity index (χ3v) is 3.66. The lowest BCUT2D eigenvalue weighted by molar-refractivity contribution is -0.384. The van der Waals surface area contributed by atoms with Crippen LogP contribution in [-0.2, 0) is 0 Å². The van der Waals surface area contributed by atoms with E-state index in [1.807, 2.05) is 0 Å². The number of hydrogen-bond acceptors (Lipinski definition) is 4. The first-order valence-electron chi connectivity index (χ1n) is 7.47. The number of aromatic nitrogens is 2. The molecule has 6 heteroatoms. The molecule has 0 atom stereocenters.